The monoisotopic (exact) mass is 428 g/mol. The van der Waals surface area contributed by atoms with Gasteiger partial charge in [-0.05, 0) is 60.9 Å². The van der Waals surface area contributed by atoms with Gasteiger partial charge in [-0.2, -0.15) is 0 Å². The maximum absolute atomic E-state index is 13.2. The molecule has 0 saturated carbocycles. The normalized spacial score (nSPS) is 17.7. The maximum atomic E-state index is 13.2. The molecule has 1 amide bonds. The van der Waals surface area contributed by atoms with Crippen LogP contribution in [0.3, 0.4) is 0 Å². The predicted octanol–water partition coefficient (Wildman–Crippen LogP) is 5.70. The second-order valence-electron chi connectivity index (χ2n) is 7.86. The zero-order chi connectivity index (χ0) is 22.5. The molecular formula is C27H28N2O3. The second-order valence-corrected chi connectivity index (χ2v) is 7.86. The average molecular weight is 429 g/mol. The van der Waals surface area contributed by atoms with Gasteiger partial charge in [-0.25, -0.2) is 0 Å². The van der Waals surface area contributed by atoms with Crippen molar-refractivity contribution in [1.29, 1.82) is 0 Å². The van der Waals surface area contributed by atoms with Crippen LogP contribution in [0, 0.1) is 0 Å². The minimum atomic E-state index is -0.0436. The number of carbonyl (C=O) groups excluding carboxylic acids is 1. The summed E-state index contributed by atoms with van der Waals surface area (Å²) in [5.41, 5.74) is 4.02. The number of nitrogens with zero attached hydrogens (tertiary/aromatic N) is 1. The van der Waals surface area contributed by atoms with E-state index < -0.39 is 0 Å². The SMILES string of the molecule is COc1ccc(/C=C\C(=O)N2c3ccccc3[C@H](Nc3ccccc3)C[C@@H]2C)cc1OC. The van der Waals surface area contributed by atoms with Gasteiger partial charge in [-0.1, -0.05) is 42.5 Å². The van der Waals surface area contributed by atoms with Gasteiger partial charge in [0.1, 0.15) is 0 Å². The van der Waals surface area contributed by atoms with Crippen molar-refractivity contribution >= 4 is 23.4 Å². The van der Waals surface area contributed by atoms with E-state index in [4.69, 9.17) is 9.47 Å². The lowest BCUT2D eigenvalue weighted by molar-refractivity contribution is -0.114. The van der Waals surface area contributed by atoms with Gasteiger partial charge < -0.3 is 19.7 Å². The highest BCUT2D eigenvalue weighted by molar-refractivity contribution is 6.05. The fourth-order valence-corrected chi connectivity index (χ4v) is 4.22. The smallest absolute Gasteiger partial charge is 0.251 e. The van der Waals surface area contributed by atoms with Crippen LogP contribution in [-0.2, 0) is 4.79 Å². The van der Waals surface area contributed by atoms with Crippen molar-refractivity contribution in [2.24, 2.45) is 0 Å². The highest BCUT2D eigenvalue weighted by atomic mass is 16.5. The Morgan fingerprint density at radius 3 is 2.44 bits per heavy atom. The molecule has 3 aromatic carbocycles. The molecule has 1 N–H and O–H groups in total. The predicted molar refractivity (Wildman–Crippen MR) is 129 cm³/mol. The summed E-state index contributed by atoms with van der Waals surface area (Å²) >= 11 is 0. The summed E-state index contributed by atoms with van der Waals surface area (Å²) in [6.45, 7) is 2.10. The largest absolute Gasteiger partial charge is 0.493 e. The number of amides is 1. The van der Waals surface area contributed by atoms with Crippen molar-refractivity contribution in [1.82, 2.24) is 0 Å². The molecule has 0 bridgehead atoms. The fourth-order valence-electron chi connectivity index (χ4n) is 4.22. The molecule has 0 fully saturated rings. The van der Waals surface area contributed by atoms with Crippen LogP contribution >= 0.6 is 0 Å². The highest BCUT2D eigenvalue weighted by Gasteiger charge is 2.32. The van der Waals surface area contributed by atoms with Crippen LogP contribution in [0.5, 0.6) is 11.5 Å². The zero-order valence-corrected chi connectivity index (χ0v) is 18.6. The van der Waals surface area contributed by atoms with E-state index >= 15 is 0 Å². The Hall–Kier alpha value is -3.73. The molecule has 3 aromatic rings. The van der Waals surface area contributed by atoms with E-state index in [0.29, 0.717) is 11.5 Å². The molecule has 4 rings (SSSR count). The van der Waals surface area contributed by atoms with Crippen molar-refractivity contribution < 1.29 is 14.3 Å². The molecule has 0 unspecified atom stereocenters. The van der Waals surface area contributed by atoms with E-state index in [1.807, 2.05) is 65.6 Å². The number of fused-ring (bicyclic) bond motifs is 1. The molecule has 0 spiro atoms. The minimum absolute atomic E-state index is 0.0436. The molecule has 164 valence electrons. The first-order chi connectivity index (χ1) is 15.6. The summed E-state index contributed by atoms with van der Waals surface area (Å²) in [6.07, 6.45) is 4.26. The van der Waals surface area contributed by atoms with Crippen molar-refractivity contribution in [2.75, 3.05) is 24.4 Å². The quantitative estimate of drug-likeness (QED) is 0.512. The molecule has 1 aliphatic rings. The van der Waals surface area contributed by atoms with E-state index in [2.05, 4.69) is 30.4 Å². The van der Waals surface area contributed by atoms with Crippen molar-refractivity contribution in [3.8, 4) is 11.5 Å². The number of benzene rings is 3. The van der Waals surface area contributed by atoms with Gasteiger partial charge in [-0.3, -0.25) is 4.79 Å². The number of ether oxygens (including phenoxy) is 2. The molecule has 32 heavy (non-hydrogen) atoms. The number of hydrogen-bond acceptors (Lipinski definition) is 4. The fraction of sp³-hybridized carbons (Fsp3) is 0.222. The Balaban J connectivity index is 1.58. The third kappa shape index (κ3) is 4.47. The number of nitrogens with one attached hydrogen (secondary N) is 1. The third-order valence-electron chi connectivity index (χ3n) is 5.77. The van der Waals surface area contributed by atoms with E-state index in [-0.39, 0.29) is 18.0 Å². The molecule has 1 aliphatic heterocycles. The number of carbonyl (C=O) groups is 1. The average Bonchev–Trinajstić information content (AvgIpc) is 2.83. The molecule has 5 nitrogen and oxygen atoms in total. The number of rotatable bonds is 6. The first-order valence-electron chi connectivity index (χ1n) is 10.7. The highest BCUT2D eigenvalue weighted by Crippen LogP contribution is 2.39. The van der Waals surface area contributed by atoms with Gasteiger partial charge in [0.15, 0.2) is 11.5 Å². The summed E-state index contributed by atoms with van der Waals surface area (Å²) < 4.78 is 10.7. The summed E-state index contributed by atoms with van der Waals surface area (Å²) in [7, 11) is 3.20. The van der Waals surface area contributed by atoms with Gasteiger partial charge in [0.2, 0.25) is 0 Å². The third-order valence-corrected chi connectivity index (χ3v) is 5.77. The van der Waals surface area contributed by atoms with Gasteiger partial charge in [0.25, 0.3) is 5.91 Å². The van der Waals surface area contributed by atoms with Crippen LogP contribution in [0.4, 0.5) is 11.4 Å². The number of methoxy groups -OCH3 is 2. The Labute approximate surface area is 189 Å². The Morgan fingerprint density at radius 1 is 0.969 bits per heavy atom. The van der Waals surface area contributed by atoms with E-state index in [1.54, 1.807) is 20.3 Å². The molecule has 1 heterocycles. The molecule has 0 aromatic heterocycles. The number of anilines is 2. The van der Waals surface area contributed by atoms with Gasteiger partial charge >= 0.3 is 0 Å². The molecule has 0 radical (unpaired) electrons. The van der Waals surface area contributed by atoms with E-state index in [0.717, 1.165) is 28.9 Å². The summed E-state index contributed by atoms with van der Waals surface area (Å²) in [5, 5.41) is 3.63. The topological polar surface area (TPSA) is 50.8 Å². The van der Waals surface area contributed by atoms with E-state index in [9.17, 15) is 4.79 Å². The Bertz CT molecular complexity index is 1110. The summed E-state index contributed by atoms with van der Waals surface area (Å²) in [5.74, 6) is 1.25. The first kappa shape index (κ1) is 21.5. The van der Waals surface area contributed by atoms with Crippen LogP contribution in [0.1, 0.15) is 30.5 Å². The van der Waals surface area contributed by atoms with Crippen LogP contribution in [0.2, 0.25) is 0 Å². The lowest BCUT2D eigenvalue weighted by atomic mass is 9.91. The minimum Gasteiger partial charge on any atom is -0.493 e. The number of hydrogen-bond donors (Lipinski definition) is 1. The van der Waals surface area contributed by atoms with Crippen LogP contribution in [-0.4, -0.2) is 26.2 Å². The summed E-state index contributed by atoms with van der Waals surface area (Å²) in [4.78, 5) is 15.1. The lowest BCUT2D eigenvalue weighted by Gasteiger charge is -2.39. The van der Waals surface area contributed by atoms with Crippen molar-refractivity contribution in [2.45, 2.75) is 25.4 Å². The molecule has 0 saturated heterocycles. The van der Waals surface area contributed by atoms with Crippen molar-refractivity contribution in [3.05, 3.63) is 90.0 Å². The Kier molecular flexibility index (Phi) is 6.45. The molecule has 5 heteroatoms. The Morgan fingerprint density at radius 2 is 1.69 bits per heavy atom. The maximum Gasteiger partial charge on any atom is 0.251 e. The zero-order valence-electron chi connectivity index (χ0n) is 18.6. The standard InChI is InChI=1S/C27H28N2O3/c1-19-17-23(28-21-9-5-4-6-10-21)22-11-7-8-12-24(22)29(19)27(30)16-14-20-13-15-25(31-2)26(18-20)32-3/h4-16,18-19,23,28H,17H2,1-3H3/b16-14-/t19-,23+/m0/s1. The number of para-hydroxylation sites is 2. The molecule has 2 atom stereocenters. The summed E-state index contributed by atoms with van der Waals surface area (Å²) in [6, 6.07) is 24.1. The van der Waals surface area contributed by atoms with Gasteiger partial charge in [-0.15, -0.1) is 0 Å². The molecular weight excluding hydrogens is 400 g/mol. The van der Waals surface area contributed by atoms with Gasteiger partial charge in [0.05, 0.1) is 20.3 Å². The van der Waals surface area contributed by atoms with Crippen molar-refractivity contribution in [3.63, 3.8) is 0 Å². The van der Waals surface area contributed by atoms with Gasteiger partial charge in [0, 0.05) is 23.5 Å². The lowest BCUT2D eigenvalue weighted by Crippen LogP contribution is -2.43. The first-order valence-corrected chi connectivity index (χ1v) is 10.7. The van der Waals surface area contributed by atoms with E-state index in [1.165, 1.54) is 0 Å². The second kappa shape index (κ2) is 9.60. The molecule has 0 aliphatic carbocycles. The van der Waals surface area contributed by atoms with Crippen LogP contribution in [0.25, 0.3) is 6.08 Å². The van der Waals surface area contributed by atoms with Crippen LogP contribution in [0.15, 0.2) is 78.9 Å². The van der Waals surface area contributed by atoms with Crippen LogP contribution < -0.4 is 19.7 Å².